The zero-order valence-electron chi connectivity index (χ0n) is 18.5. The maximum atomic E-state index is 12.5. The molecule has 168 valence electrons. The van der Waals surface area contributed by atoms with E-state index in [1.165, 1.54) is 0 Å². The number of amides is 1. The fraction of sp³-hybridized carbons (Fsp3) is 0.409. The van der Waals surface area contributed by atoms with Gasteiger partial charge in [0.1, 0.15) is 5.69 Å². The van der Waals surface area contributed by atoms with E-state index in [2.05, 4.69) is 10.3 Å². The molecule has 2 aromatic rings. The average Bonchev–Trinajstić information content (AvgIpc) is 3.04. The van der Waals surface area contributed by atoms with Crippen LogP contribution in [0.3, 0.4) is 0 Å². The largest absolute Gasteiger partial charge is 0.462 e. The van der Waals surface area contributed by atoms with Gasteiger partial charge in [-0.25, -0.2) is 9.59 Å². The number of carbonyl (C=O) groups excluding carboxylic acids is 3. The van der Waals surface area contributed by atoms with Gasteiger partial charge in [0.15, 0.2) is 0 Å². The lowest BCUT2D eigenvalue weighted by Gasteiger charge is -2.17. The van der Waals surface area contributed by atoms with Crippen molar-refractivity contribution in [2.45, 2.75) is 32.2 Å². The van der Waals surface area contributed by atoms with Gasteiger partial charge < -0.3 is 19.8 Å². The summed E-state index contributed by atoms with van der Waals surface area (Å²) in [4.78, 5) is 43.0. The number of hydrogen-bond donors (Lipinski definition) is 2. The van der Waals surface area contributed by atoms with Gasteiger partial charge >= 0.3 is 11.9 Å². The van der Waals surface area contributed by atoms with Gasteiger partial charge in [-0.15, -0.1) is 11.8 Å². The Hall–Kier alpha value is -2.78. The summed E-state index contributed by atoms with van der Waals surface area (Å²) in [6.45, 7) is 5.87. The molecule has 0 fully saturated rings. The molecular weight excluding hydrogens is 418 g/mol. The van der Waals surface area contributed by atoms with Crippen LogP contribution in [-0.2, 0) is 20.8 Å². The molecule has 0 aliphatic rings. The predicted octanol–water partition coefficient (Wildman–Crippen LogP) is 3.47. The number of carbonyl (C=O) groups is 3. The van der Waals surface area contributed by atoms with Crippen LogP contribution in [0.25, 0.3) is 0 Å². The molecule has 31 heavy (non-hydrogen) atoms. The highest BCUT2D eigenvalue weighted by Gasteiger charge is 2.26. The third-order valence-electron chi connectivity index (χ3n) is 4.51. The number of para-hydroxylation sites is 1. The van der Waals surface area contributed by atoms with Gasteiger partial charge in [-0.1, -0.05) is 12.1 Å². The highest BCUT2D eigenvalue weighted by Crippen LogP contribution is 2.25. The van der Waals surface area contributed by atoms with Crippen LogP contribution in [0.2, 0.25) is 0 Å². The Morgan fingerprint density at radius 3 is 2.39 bits per heavy atom. The monoisotopic (exact) mass is 447 g/mol. The normalized spacial score (nSPS) is 10.8. The number of nitrogens with one attached hydrogen (secondary N) is 2. The molecule has 0 bridgehead atoms. The van der Waals surface area contributed by atoms with E-state index in [9.17, 15) is 14.4 Å². The lowest BCUT2D eigenvalue weighted by Crippen LogP contribution is -2.30. The molecule has 1 aromatic carbocycles. The zero-order chi connectivity index (χ0) is 23.0. The first kappa shape index (κ1) is 24.5. The highest BCUT2D eigenvalue weighted by atomic mass is 32.2. The van der Waals surface area contributed by atoms with Crippen molar-refractivity contribution >= 4 is 35.3 Å². The summed E-state index contributed by atoms with van der Waals surface area (Å²) in [5.74, 6) is -1.24. The summed E-state index contributed by atoms with van der Waals surface area (Å²) in [5.41, 5.74) is 2.23. The molecule has 1 aromatic heterocycles. The van der Waals surface area contributed by atoms with Crippen molar-refractivity contribution < 1.29 is 23.9 Å². The first-order chi connectivity index (χ1) is 14.8. The van der Waals surface area contributed by atoms with E-state index in [0.717, 1.165) is 10.6 Å². The fourth-order valence-corrected chi connectivity index (χ4v) is 3.73. The number of aromatic nitrogens is 1. The van der Waals surface area contributed by atoms with Crippen LogP contribution < -0.4 is 5.32 Å². The minimum atomic E-state index is -0.536. The average molecular weight is 448 g/mol. The van der Waals surface area contributed by atoms with Gasteiger partial charge in [0.2, 0.25) is 5.91 Å². The van der Waals surface area contributed by atoms with E-state index in [-0.39, 0.29) is 37.9 Å². The maximum Gasteiger partial charge on any atom is 0.355 e. The smallest absolute Gasteiger partial charge is 0.355 e. The van der Waals surface area contributed by atoms with Gasteiger partial charge in [0.05, 0.1) is 31.0 Å². The number of esters is 2. The Balaban J connectivity index is 2.17. The van der Waals surface area contributed by atoms with Crippen molar-refractivity contribution in [1.82, 2.24) is 9.88 Å². The standard InChI is InChI=1S/C22H29N3O5S/c1-6-29-21(27)19-14(3)20(22(28)30-7-2)24-16(19)12-25(4)13-18(26)23-15-10-8-9-11-17(15)31-5/h8-11,24H,6-7,12-13H2,1-5H3,(H,23,26). The fourth-order valence-electron chi connectivity index (χ4n) is 3.17. The molecule has 0 atom stereocenters. The topological polar surface area (TPSA) is 101 Å². The number of anilines is 1. The number of hydrogen-bond acceptors (Lipinski definition) is 7. The first-order valence-electron chi connectivity index (χ1n) is 9.99. The van der Waals surface area contributed by atoms with E-state index >= 15 is 0 Å². The van der Waals surface area contributed by atoms with Gasteiger partial charge in [-0.2, -0.15) is 0 Å². The first-order valence-corrected chi connectivity index (χ1v) is 11.2. The summed E-state index contributed by atoms with van der Waals surface area (Å²) < 4.78 is 10.2. The molecule has 9 heteroatoms. The second kappa shape index (κ2) is 11.6. The molecule has 8 nitrogen and oxygen atoms in total. The number of nitrogens with zero attached hydrogens (tertiary/aromatic N) is 1. The number of H-pyrrole nitrogens is 1. The van der Waals surface area contributed by atoms with E-state index in [1.54, 1.807) is 44.5 Å². The molecule has 0 aliphatic heterocycles. The molecule has 0 spiro atoms. The predicted molar refractivity (Wildman–Crippen MR) is 121 cm³/mol. The van der Waals surface area contributed by atoms with E-state index in [1.807, 2.05) is 30.5 Å². The number of rotatable bonds is 10. The van der Waals surface area contributed by atoms with E-state index in [0.29, 0.717) is 16.8 Å². The molecule has 2 N–H and O–H groups in total. The van der Waals surface area contributed by atoms with Gasteiger partial charge in [-0.3, -0.25) is 9.69 Å². The van der Waals surface area contributed by atoms with Crippen molar-refractivity contribution in [3.05, 3.63) is 46.8 Å². The minimum Gasteiger partial charge on any atom is -0.462 e. The Labute approximate surface area is 186 Å². The van der Waals surface area contributed by atoms with Crippen molar-refractivity contribution in [3.63, 3.8) is 0 Å². The summed E-state index contributed by atoms with van der Waals surface area (Å²) >= 11 is 1.55. The second-order valence-corrected chi connectivity index (χ2v) is 7.69. The van der Waals surface area contributed by atoms with Crippen molar-refractivity contribution in [2.24, 2.45) is 0 Å². The van der Waals surface area contributed by atoms with Crippen molar-refractivity contribution in [2.75, 3.05) is 38.4 Å². The van der Waals surface area contributed by atoms with Gasteiger partial charge in [0.25, 0.3) is 0 Å². The summed E-state index contributed by atoms with van der Waals surface area (Å²) in [5, 5.41) is 2.91. The molecule has 1 heterocycles. The molecule has 0 aliphatic carbocycles. The number of thioether (sulfide) groups is 1. The maximum absolute atomic E-state index is 12.5. The zero-order valence-corrected chi connectivity index (χ0v) is 19.4. The molecule has 2 rings (SSSR count). The number of aromatic amines is 1. The minimum absolute atomic E-state index is 0.0950. The van der Waals surface area contributed by atoms with Crippen LogP contribution in [0, 0.1) is 6.92 Å². The van der Waals surface area contributed by atoms with Crippen LogP contribution in [0.5, 0.6) is 0 Å². The van der Waals surface area contributed by atoms with Crippen LogP contribution in [-0.4, -0.2) is 60.8 Å². The third-order valence-corrected chi connectivity index (χ3v) is 5.31. The molecular formula is C22H29N3O5S. The summed E-state index contributed by atoms with van der Waals surface area (Å²) in [7, 11) is 1.76. The van der Waals surface area contributed by atoms with E-state index < -0.39 is 11.9 Å². The van der Waals surface area contributed by atoms with E-state index in [4.69, 9.17) is 9.47 Å². The number of likely N-dealkylation sites (N-methyl/N-ethyl adjacent to an activating group) is 1. The molecule has 1 amide bonds. The van der Waals surface area contributed by atoms with Crippen molar-refractivity contribution in [3.8, 4) is 0 Å². The Kier molecular flexibility index (Phi) is 9.14. The molecule has 0 unspecified atom stereocenters. The quantitative estimate of drug-likeness (QED) is 0.425. The Morgan fingerprint density at radius 2 is 1.74 bits per heavy atom. The van der Waals surface area contributed by atoms with Crippen LogP contribution in [0.4, 0.5) is 5.69 Å². The highest BCUT2D eigenvalue weighted by molar-refractivity contribution is 7.98. The number of ether oxygens (including phenoxy) is 2. The third kappa shape index (κ3) is 6.35. The molecule has 0 radical (unpaired) electrons. The summed E-state index contributed by atoms with van der Waals surface area (Å²) in [6.07, 6.45) is 1.95. The molecule has 0 saturated heterocycles. The summed E-state index contributed by atoms with van der Waals surface area (Å²) in [6, 6.07) is 7.57. The Morgan fingerprint density at radius 1 is 1.10 bits per heavy atom. The Bertz CT molecular complexity index is 941. The van der Waals surface area contributed by atoms with Crippen LogP contribution >= 0.6 is 11.8 Å². The van der Waals surface area contributed by atoms with Crippen LogP contribution in [0.1, 0.15) is 46.0 Å². The number of benzene rings is 1. The van der Waals surface area contributed by atoms with Gasteiger partial charge in [0, 0.05) is 17.1 Å². The van der Waals surface area contributed by atoms with Crippen LogP contribution in [0.15, 0.2) is 29.2 Å². The lowest BCUT2D eigenvalue weighted by atomic mass is 10.1. The molecule has 0 saturated carbocycles. The second-order valence-electron chi connectivity index (χ2n) is 6.84. The SMILES string of the molecule is CCOC(=O)c1[nH]c(CN(C)CC(=O)Nc2ccccc2SC)c(C(=O)OCC)c1C. The van der Waals surface area contributed by atoms with Gasteiger partial charge in [-0.05, 0) is 51.8 Å². The van der Waals surface area contributed by atoms with Crippen molar-refractivity contribution in [1.29, 1.82) is 0 Å². The lowest BCUT2D eigenvalue weighted by molar-refractivity contribution is -0.117.